The molecular formula is C20H24N4O4S. The molecule has 1 aliphatic rings. The maximum Gasteiger partial charge on any atom is 0.277 e. The molecule has 29 heavy (non-hydrogen) atoms. The van der Waals surface area contributed by atoms with Crippen LogP contribution in [0.15, 0.2) is 27.8 Å². The Bertz CT molecular complexity index is 880. The molecular weight excluding hydrogens is 392 g/mol. The van der Waals surface area contributed by atoms with E-state index in [-0.39, 0.29) is 11.1 Å². The molecule has 2 aromatic rings. The predicted octanol–water partition coefficient (Wildman–Crippen LogP) is 3.58. The molecule has 1 saturated carbocycles. The van der Waals surface area contributed by atoms with Crippen LogP contribution < -0.4 is 14.8 Å². The standard InChI is InChI=1S/C20H24N4O4S/c1-13(17(25)22-20(12-21)7-5-4-6-8-20)29-19-24-23-18(28-19)14-9-15(26-2)11-16(10-14)27-3/h9-11,13H,4-8H2,1-3H3,(H,22,25). The molecule has 0 spiro atoms. The predicted molar refractivity (Wildman–Crippen MR) is 108 cm³/mol. The van der Waals surface area contributed by atoms with Crippen molar-refractivity contribution in [1.29, 1.82) is 5.26 Å². The molecule has 8 nitrogen and oxygen atoms in total. The maximum absolute atomic E-state index is 12.6. The number of nitrogens with zero attached hydrogens (tertiary/aromatic N) is 3. The number of nitrogens with one attached hydrogen (secondary N) is 1. The second-order valence-electron chi connectivity index (χ2n) is 6.98. The normalized spacial score (nSPS) is 16.5. The smallest absolute Gasteiger partial charge is 0.277 e. The second kappa shape index (κ2) is 9.18. The SMILES string of the molecule is COc1cc(OC)cc(-c2nnc(SC(C)C(=O)NC3(C#N)CCCCC3)o2)c1. The minimum absolute atomic E-state index is 0.207. The van der Waals surface area contributed by atoms with Gasteiger partial charge in [0.2, 0.25) is 11.8 Å². The number of thioether (sulfide) groups is 1. The van der Waals surface area contributed by atoms with E-state index >= 15 is 0 Å². The number of hydrogen-bond acceptors (Lipinski definition) is 8. The molecule has 1 aromatic carbocycles. The summed E-state index contributed by atoms with van der Waals surface area (Å²) in [6.45, 7) is 1.76. The van der Waals surface area contributed by atoms with Crippen LogP contribution in [0.25, 0.3) is 11.5 Å². The monoisotopic (exact) mass is 416 g/mol. The highest BCUT2D eigenvalue weighted by molar-refractivity contribution is 8.00. The number of rotatable bonds is 7. The summed E-state index contributed by atoms with van der Waals surface area (Å²) in [5, 5.41) is 20.4. The summed E-state index contributed by atoms with van der Waals surface area (Å²) in [6.07, 6.45) is 4.38. The van der Waals surface area contributed by atoms with Crippen LogP contribution in [0.1, 0.15) is 39.0 Å². The summed E-state index contributed by atoms with van der Waals surface area (Å²) in [7, 11) is 3.13. The van der Waals surface area contributed by atoms with Crippen molar-refractivity contribution in [2.45, 2.75) is 55.0 Å². The zero-order chi connectivity index (χ0) is 20.9. The average molecular weight is 417 g/mol. The van der Waals surface area contributed by atoms with Gasteiger partial charge in [-0.1, -0.05) is 31.0 Å². The molecule has 1 unspecified atom stereocenters. The fraction of sp³-hybridized carbons (Fsp3) is 0.500. The molecule has 0 bridgehead atoms. The molecule has 1 aliphatic carbocycles. The van der Waals surface area contributed by atoms with E-state index in [2.05, 4.69) is 21.6 Å². The topological polar surface area (TPSA) is 110 Å². The van der Waals surface area contributed by atoms with Gasteiger partial charge in [0.05, 0.1) is 25.5 Å². The van der Waals surface area contributed by atoms with E-state index in [1.807, 2.05) is 0 Å². The number of ether oxygens (including phenoxy) is 2. The summed E-state index contributed by atoms with van der Waals surface area (Å²) < 4.78 is 16.2. The van der Waals surface area contributed by atoms with Gasteiger partial charge in [0.15, 0.2) is 0 Å². The van der Waals surface area contributed by atoms with Gasteiger partial charge in [0, 0.05) is 11.6 Å². The first kappa shape index (κ1) is 21.0. The number of benzene rings is 1. The number of amides is 1. The van der Waals surface area contributed by atoms with Crippen LogP contribution in [0.4, 0.5) is 0 Å². The first-order valence-electron chi connectivity index (χ1n) is 9.45. The lowest BCUT2D eigenvalue weighted by Gasteiger charge is -2.32. The van der Waals surface area contributed by atoms with Crippen molar-refractivity contribution in [1.82, 2.24) is 15.5 Å². The fourth-order valence-corrected chi connectivity index (χ4v) is 3.95. The van der Waals surface area contributed by atoms with Crippen LogP contribution in [0.3, 0.4) is 0 Å². The van der Waals surface area contributed by atoms with Gasteiger partial charge in [-0.15, -0.1) is 10.2 Å². The molecule has 1 amide bonds. The number of aromatic nitrogens is 2. The van der Waals surface area contributed by atoms with Crippen LogP contribution in [0.5, 0.6) is 11.5 Å². The molecule has 0 aliphatic heterocycles. The van der Waals surface area contributed by atoms with Gasteiger partial charge in [0.25, 0.3) is 5.22 Å². The molecule has 9 heteroatoms. The largest absolute Gasteiger partial charge is 0.497 e. The zero-order valence-corrected chi connectivity index (χ0v) is 17.5. The molecule has 1 heterocycles. The Morgan fingerprint density at radius 1 is 1.21 bits per heavy atom. The first-order chi connectivity index (χ1) is 14.0. The summed E-state index contributed by atoms with van der Waals surface area (Å²) >= 11 is 1.16. The van der Waals surface area contributed by atoms with E-state index in [9.17, 15) is 10.1 Å². The summed E-state index contributed by atoms with van der Waals surface area (Å²) in [4.78, 5) is 12.6. The lowest BCUT2D eigenvalue weighted by atomic mass is 9.83. The van der Waals surface area contributed by atoms with Crippen molar-refractivity contribution in [2.75, 3.05) is 14.2 Å². The highest BCUT2D eigenvalue weighted by Crippen LogP contribution is 2.32. The molecule has 3 rings (SSSR count). The Balaban J connectivity index is 1.68. The highest BCUT2D eigenvalue weighted by atomic mass is 32.2. The maximum atomic E-state index is 12.6. The zero-order valence-electron chi connectivity index (χ0n) is 16.7. The number of methoxy groups -OCH3 is 2. The Morgan fingerprint density at radius 3 is 2.45 bits per heavy atom. The molecule has 1 N–H and O–H groups in total. The van der Waals surface area contributed by atoms with Gasteiger partial charge in [0.1, 0.15) is 17.0 Å². The van der Waals surface area contributed by atoms with Crippen molar-refractivity contribution in [2.24, 2.45) is 0 Å². The second-order valence-corrected chi connectivity index (χ2v) is 8.27. The van der Waals surface area contributed by atoms with E-state index in [4.69, 9.17) is 13.9 Å². The van der Waals surface area contributed by atoms with Crippen molar-refractivity contribution in [3.05, 3.63) is 18.2 Å². The van der Waals surface area contributed by atoms with E-state index in [1.165, 1.54) is 0 Å². The fourth-order valence-electron chi connectivity index (χ4n) is 3.27. The van der Waals surface area contributed by atoms with Crippen molar-refractivity contribution in [3.8, 4) is 29.0 Å². The lowest BCUT2D eigenvalue weighted by molar-refractivity contribution is -0.122. The van der Waals surface area contributed by atoms with Gasteiger partial charge in [-0.2, -0.15) is 5.26 Å². The van der Waals surface area contributed by atoms with Crippen molar-refractivity contribution >= 4 is 17.7 Å². The third kappa shape index (κ3) is 5.01. The summed E-state index contributed by atoms with van der Waals surface area (Å²) in [6, 6.07) is 7.57. The van der Waals surface area contributed by atoms with Crippen molar-refractivity contribution in [3.63, 3.8) is 0 Å². The minimum Gasteiger partial charge on any atom is -0.497 e. The van der Waals surface area contributed by atoms with Gasteiger partial charge in [-0.25, -0.2) is 0 Å². The number of carbonyl (C=O) groups is 1. The van der Waals surface area contributed by atoms with Crippen molar-refractivity contribution < 1.29 is 18.7 Å². The van der Waals surface area contributed by atoms with Gasteiger partial charge in [-0.05, 0) is 31.9 Å². The number of carbonyl (C=O) groups excluding carboxylic acids is 1. The molecule has 154 valence electrons. The van der Waals surface area contributed by atoms with E-state index in [1.54, 1.807) is 39.3 Å². The van der Waals surface area contributed by atoms with Gasteiger partial charge in [-0.3, -0.25) is 4.79 Å². The average Bonchev–Trinajstić information content (AvgIpc) is 3.22. The van der Waals surface area contributed by atoms with E-state index < -0.39 is 10.8 Å². The molecule has 1 atom stereocenters. The van der Waals surface area contributed by atoms with E-state index in [0.29, 0.717) is 35.8 Å². The van der Waals surface area contributed by atoms with E-state index in [0.717, 1.165) is 31.0 Å². The quantitative estimate of drug-likeness (QED) is 0.682. The first-order valence-corrected chi connectivity index (χ1v) is 10.3. The summed E-state index contributed by atoms with van der Waals surface area (Å²) in [5.41, 5.74) is -0.107. The molecule has 1 aromatic heterocycles. The van der Waals surface area contributed by atoms with Crippen LogP contribution >= 0.6 is 11.8 Å². The number of hydrogen-bond donors (Lipinski definition) is 1. The summed E-state index contributed by atoms with van der Waals surface area (Å²) in [5.74, 6) is 1.31. The van der Waals surface area contributed by atoms with Crippen LogP contribution in [-0.2, 0) is 4.79 Å². The van der Waals surface area contributed by atoms with Crippen LogP contribution in [-0.4, -0.2) is 41.1 Å². The third-order valence-corrected chi connectivity index (χ3v) is 5.87. The molecule has 1 fully saturated rings. The minimum atomic E-state index is -0.763. The highest BCUT2D eigenvalue weighted by Gasteiger charge is 2.35. The molecule has 0 radical (unpaired) electrons. The Labute approximate surface area is 174 Å². The van der Waals surface area contributed by atoms with Crippen LogP contribution in [0.2, 0.25) is 0 Å². The Hall–Kier alpha value is -2.73. The van der Waals surface area contributed by atoms with Crippen LogP contribution in [0, 0.1) is 11.3 Å². The number of nitriles is 1. The van der Waals surface area contributed by atoms with Gasteiger partial charge >= 0.3 is 0 Å². The van der Waals surface area contributed by atoms with Gasteiger partial charge < -0.3 is 19.2 Å². The Morgan fingerprint density at radius 2 is 1.86 bits per heavy atom. The lowest BCUT2D eigenvalue weighted by Crippen LogP contribution is -2.50. The molecule has 0 saturated heterocycles. The Kier molecular flexibility index (Phi) is 6.64. The third-order valence-electron chi connectivity index (χ3n) is 4.94.